The molecule has 102 valence electrons. The van der Waals surface area contributed by atoms with Crippen molar-refractivity contribution in [2.75, 3.05) is 18.9 Å². The molecule has 5 nitrogen and oxygen atoms in total. The third-order valence-corrected chi connectivity index (χ3v) is 4.45. The fourth-order valence-corrected chi connectivity index (χ4v) is 2.43. The van der Waals surface area contributed by atoms with E-state index >= 15 is 0 Å². The minimum atomic E-state index is -3.45. The second-order valence-corrected chi connectivity index (χ2v) is 6.47. The van der Waals surface area contributed by atoms with Gasteiger partial charge in [-0.3, -0.25) is 0 Å². The third-order valence-electron chi connectivity index (χ3n) is 3.03. The molecule has 0 aromatic carbocycles. The maximum Gasteiger partial charge on any atom is 0.240 e. The summed E-state index contributed by atoms with van der Waals surface area (Å²) in [6.07, 6.45) is 1.48. The second-order valence-electron chi connectivity index (χ2n) is 4.70. The van der Waals surface area contributed by atoms with Gasteiger partial charge in [0, 0.05) is 25.9 Å². The van der Waals surface area contributed by atoms with Gasteiger partial charge in [0.05, 0.1) is 4.90 Å². The average Bonchev–Trinajstić information content (AvgIpc) is 2.36. The van der Waals surface area contributed by atoms with Crippen LogP contribution in [-0.4, -0.2) is 27.0 Å². The summed E-state index contributed by atoms with van der Waals surface area (Å²) in [5.41, 5.74) is 0. The van der Waals surface area contributed by atoms with Gasteiger partial charge in [-0.1, -0.05) is 20.8 Å². The molecule has 18 heavy (non-hydrogen) atoms. The molecule has 1 aromatic heterocycles. The highest BCUT2D eigenvalue weighted by atomic mass is 32.2. The Morgan fingerprint density at radius 3 is 2.56 bits per heavy atom. The van der Waals surface area contributed by atoms with E-state index in [9.17, 15) is 8.42 Å². The first-order valence-corrected chi connectivity index (χ1v) is 7.48. The van der Waals surface area contributed by atoms with Crippen molar-refractivity contribution in [2.24, 2.45) is 11.8 Å². The van der Waals surface area contributed by atoms with Crippen LogP contribution >= 0.6 is 0 Å². The Labute approximate surface area is 109 Å². The highest BCUT2D eigenvalue weighted by Crippen LogP contribution is 2.14. The van der Waals surface area contributed by atoms with Gasteiger partial charge in [0.1, 0.15) is 5.82 Å². The number of hydrogen-bond donors (Lipinski definition) is 2. The van der Waals surface area contributed by atoms with Crippen LogP contribution in [0.3, 0.4) is 0 Å². The summed E-state index contributed by atoms with van der Waals surface area (Å²) in [6.45, 7) is 6.62. The lowest BCUT2D eigenvalue weighted by atomic mass is 9.99. The monoisotopic (exact) mass is 271 g/mol. The Morgan fingerprint density at radius 1 is 1.33 bits per heavy atom. The highest BCUT2D eigenvalue weighted by Gasteiger charge is 2.16. The van der Waals surface area contributed by atoms with Gasteiger partial charge in [-0.25, -0.2) is 18.1 Å². The zero-order valence-corrected chi connectivity index (χ0v) is 12.1. The van der Waals surface area contributed by atoms with Crippen LogP contribution in [-0.2, 0) is 10.0 Å². The Kier molecular flexibility index (Phi) is 5.10. The van der Waals surface area contributed by atoms with Gasteiger partial charge in [0.15, 0.2) is 0 Å². The van der Waals surface area contributed by atoms with Crippen molar-refractivity contribution >= 4 is 15.8 Å². The number of nitrogens with zero attached hydrogens (tertiary/aromatic N) is 1. The SMILES string of the molecule is CNc1cc(S(=O)(=O)NCC(C)C(C)C)ccn1. The molecule has 0 aliphatic carbocycles. The summed E-state index contributed by atoms with van der Waals surface area (Å²) in [5.74, 6) is 1.28. The normalized spacial score (nSPS) is 13.6. The average molecular weight is 271 g/mol. The van der Waals surface area contributed by atoms with Gasteiger partial charge in [-0.05, 0) is 17.9 Å². The van der Waals surface area contributed by atoms with Crippen LogP contribution in [0.5, 0.6) is 0 Å². The van der Waals surface area contributed by atoms with Crippen LogP contribution in [0.25, 0.3) is 0 Å². The Balaban J connectivity index is 2.80. The summed E-state index contributed by atoms with van der Waals surface area (Å²) < 4.78 is 26.7. The van der Waals surface area contributed by atoms with Crippen molar-refractivity contribution in [2.45, 2.75) is 25.7 Å². The highest BCUT2D eigenvalue weighted by molar-refractivity contribution is 7.89. The molecule has 1 rings (SSSR count). The summed E-state index contributed by atoms with van der Waals surface area (Å²) in [6, 6.07) is 3.01. The number of hydrogen-bond acceptors (Lipinski definition) is 4. The smallest absolute Gasteiger partial charge is 0.240 e. The third kappa shape index (κ3) is 3.96. The second kappa shape index (κ2) is 6.15. The molecule has 0 radical (unpaired) electrons. The lowest BCUT2D eigenvalue weighted by Gasteiger charge is -2.16. The van der Waals surface area contributed by atoms with Gasteiger partial charge in [-0.15, -0.1) is 0 Å². The quantitative estimate of drug-likeness (QED) is 0.826. The van der Waals surface area contributed by atoms with Crippen LogP contribution in [0.1, 0.15) is 20.8 Å². The van der Waals surface area contributed by atoms with E-state index < -0.39 is 10.0 Å². The maximum atomic E-state index is 12.1. The standard InChI is InChI=1S/C12H21N3O2S/c1-9(2)10(3)8-15-18(16,17)11-5-6-14-12(7-11)13-4/h5-7,9-10,15H,8H2,1-4H3,(H,13,14). The predicted octanol–water partition coefficient (Wildman–Crippen LogP) is 1.69. The fourth-order valence-electron chi connectivity index (χ4n) is 1.28. The summed E-state index contributed by atoms with van der Waals surface area (Å²) in [5, 5.41) is 2.82. The molecule has 0 saturated heterocycles. The van der Waals surface area contributed by atoms with E-state index in [2.05, 4.69) is 28.9 Å². The maximum absolute atomic E-state index is 12.1. The first-order chi connectivity index (χ1) is 8.36. The van der Waals surface area contributed by atoms with Crippen LogP contribution < -0.4 is 10.0 Å². The number of pyridine rings is 1. The molecular weight excluding hydrogens is 250 g/mol. The van der Waals surface area contributed by atoms with E-state index in [-0.39, 0.29) is 4.90 Å². The van der Waals surface area contributed by atoms with Gasteiger partial charge >= 0.3 is 0 Å². The zero-order valence-electron chi connectivity index (χ0n) is 11.3. The Hall–Kier alpha value is -1.14. The van der Waals surface area contributed by atoms with Crippen molar-refractivity contribution in [3.63, 3.8) is 0 Å². The Bertz CT molecular complexity index is 486. The largest absolute Gasteiger partial charge is 0.373 e. The van der Waals surface area contributed by atoms with Crippen LogP contribution in [0, 0.1) is 11.8 Å². The topological polar surface area (TPSA) is 71.1 Å². The van der Waals surface area contributed by atoms with Gasteiger partial charge in [0.25, 0.3) is 0 Å². The van der Waals surface area contributed by atoms with Crippen molar-refractivity contribution in [3.05, 3.63) is 18.3 Å². The number of sulfonamides is 1. The molecule has 2 N–H and O–H groups in total. The minimum absolute atomic E-state index is 0.234. The number of aromatic nitrogens is 1. The van der Waals surface area contributed by atoms with E-state index in [1.807, 2.05) is 6.92 Å². The van der Waals surface area contributed by atoms with Gasteiger partial charge < -0.3 is 5.32 Å². The molecular formula is C12H21N3O2S. The van der Waals surface area contributed by atoms with E-state index in [1.165, 1.54) is 18.3 Å². The molecule has 0 amide bonds. The van der Waals surface area contributed by atoms with Crippen LogP contribution in [0.2, 0.25) is 0 Å². The summed E-state index contributed by atoms with van der Waals surface area (Å²) >= 11 is 0. The van der Waals surface area contributed by atoms with E-state index in [4.69, 9.17) is 0 Å². The summed E-state index contributed by atoms with van der Waals surface area (Å²) in [7, 11) is -1.75. The van der Waals surface area contributed by atoms with Gasteiger partial charge in [0.2, 0.25) is 10.0 Å². The van der Waals surface area contributed by atoms with E-state index in [0.717, 1.165) is 0 Å². The number of nitrogens with one attached hydrogen (secondary N) is 2. The van der Waals surface area contributed by atoms with Crippen molar-refractivity contribution < 1.29 is 8.42 Å². The molecule has 0 aliphatic heterocycles. The molecule has 0 fully saturated rings. The number of rotatable bonds is 6. The molecule has 0 aliphatic rings. The van der Waals surface area contributed by atoms with Crippen LogP contribution in [0.15, 0.2) is 23.2 Å². The van der Waals surface area contributed by atoms with E-state index in [1.54, 1.807) is 7.05 Å². The lowest BCUT2D eigenvalue weighted by Crippen LogP contribution is -2.30. The zero-order chi connectivity index (χ0) is 13.8. The fraction of sp³-hybridized carbons (Fsp3) is 0.583. The van der Waals surface area contributed by atoms with Gasteiger partial charge in [-0.2, -0.15) is 0 Å². The molecule has 1 aromatic rings. The van der Waals surface area contributed by atoms with Crippen molar-refractivity contribution in [1.29, 1.82) is 0 Å². The van der Waals surface area contributed by atoms with Crippen LogP contribution in [0.4, 0.5) is 5.82 Å². The lowest BCUT2D eigenvalue weighted by molar-refractivity contribution is 0.414. The molecule has 1 heterocycles. The summed E-state index contributed by atoms with van der Waals surface area (Å²) in [4.78, 5) is 4.23. The first kappa shape index (κ1) is 14.9. The molecule has 0 saturated carbocycles. The minimum Gasteiger partial charge on any atom is -0.373 e. The Morgan fingerprint density at radius 2 is 2.00 bits per heavy atom. The molecule has 1 unspecified atom stereocenters. The molecule has 6 heteroatoms. The van der Waals surface area contributed by atoms with E-state index in [0.29, 0.717) is 24.2 Å². The first-order valence-electron chi connectivity index (χ1n) is 6.00. The molecule has 1 atom stereocenters. The van der Waals surface area contributed by atoms with Crippen molar-refractivity contribution in [1.82, 2.24) is 9.71 Å². The number of anilines is 1. The predicted molar refractivity (Wildman–Crippen MR) is 73.0 cm³/mol. The molecule has 0 bridgehead atoms. The molecule has 0 spiro atoms. The van der Waals surface area contributed by atoms with Crippen molar-refractivity contribution in [3.8, 4) is 0 Å².